The predicted octanol–water partition coefficient (Wildman–Crippen LogP) is 4.02. The SMILES string of the molecule is CC(C)(C)OC(=O)N1CCC[C@H]1C(=O)Nc1nc(-c2ccccc2)c(C#N)s1. The van der Waals surface area contributed by atoms with E-state index >= 15 is 0 Å². The van der Waals surface area contributed by atoms with E-state index < -0.39 is 17.7 Å². The maximum Gasteiger partial charge on any atom is 0.410 e. The first-order chi connectivity index (χ1) is 13.3. The molecule has 0 saturated carbocycles. The van der Waals surface area contributed by atoms with E-state index in [9.17, 15) is 14.9 Å². The molecule has 1 saturated heterocycles. The Morgan fingerprint density at radius 1 is 1.32 bits per heavy atom. The molecule has 1 aliphatic heterocycles. The largest absolute Gasteiger partial charge is 0.444 e. The maximum absolute atomic E-state index is 12.8. The second-order valence-electron chi connectivity index (χ2n) is 7.50. The quantitative estimate of drug-likeness (QED) is 0.842. The number of rotatable bonds is 3. The Balaban J connectivity index is 1.75. The van der Waals surface area contributed by atoms with E-state index in [4.69, 9.17) is 4.74 Å². The van der Waals surface area contributed by atoms with E-state index in [2.05, 4.69) is 16.4 Å². The number of carbonyl (C=O) groups excluding carboxylic acids is 2. The summed E-state index contributed by atoms with van der Waals surface area (Å²) in [5, 5.41) is 12.5. The van der Waals surface area contributed by atoms with Gasteiger partial charge in [-0.2, -0.15) is 5.26 Å². The topological polar surface area (TPSA) is 95.3 Å². The number of carbonyl (C=O) groups is 2. The maximum atomic E-state index is 12.8. The smallest absolute Gasteiger partial charge is 0.410 e. The number of aromatic nitrogens is 1. The van der Waals surface area contributed by atoms with Crippen LogP contribution in [0.3, 0.4) is 0 Å². The van der Waals surface area contributed by atoms with Gasteiger partial charge in [-0.3, -0.25) is 9.69 Å². The molecule has 1 fully saturated rings. The van der Waals surface area contributed by atoms with Gasteiger partial charge in [-0.25, -0.2) is 9.78 Å². The van der Waals surface area contributed by atoms with Crippen LogP contribution in [0, 0.1) is 11.3 Å². The van der Waals surface area contributed by atoms with Crippen molar-refractivity contribution in [1.82, 2.24) is 9.88 Å². The number of amides is 2. The van der Waals surface area contributed by atoms with Crippen LogP contribution in [0.15, 0.2) is 30.3 Å². The summed E-state index contributed by atoms with van der Waals surface area (Å²) in [5.74, 6) is -0.318. The van der Waals surface area contributed by atoms with Crippen molar-refractivity contribution in [3.05, 3.63) is 35.2 Å². The van der Waals surface area contributed by atoms with Crippen molar-refractivity contribution in [2.24, 2.45) is 0 Å². The molecule has 1 N–H and O–H groups in total. The summed E-state index contributed by atoms with van der Waals surface area (Å²) < 4.78 is 5.40. The van der Waals surface area contributed by atoms with E-state index in [1.165, 1.54) is 4.90 Å². The van der Waals surface area contributed by atoms with Crippen molar-refractivity contribution in [2.75, 3.05) is 11.9 Å². The zero-order valence-electron chi connectivity index (χ0n) is 16.1. The lowest BCUT2D eigenvalue weighted by Gasteiger charge is -2.27. The lowest BCUT2D eigenvalue weighted by atomic mass is 10.1. The van der Waals surface area contributed by atoms with Crippen molar-refractivity contribution in [2.45, 2.75) is 45.3 Å². The summed E-state index contributed by atoms with van der Waals surface area (Å²) in [6.45, 7) is 5.85. The second-order valence-corrected chi connectivity index (χ2v) is 8.49. The second kappa shape index (κ2) is 7.98. The van der Waals surface area contributed by atoms with Crippen LogP contribution in [0.2, 0.25) is 0 Å². The molecule has 2 heterocycles. The molecular formula is C20H22N4O3S. The van der Waals surface area contributed by atoms with Crippen LogP contribution in [0.1, 0.15) is 38.5 Å². The standard InChI is InChI=1S/C20H22N4O3S/c1-20(2,3)27-19(26)24-11-7-10-14(24)17(25)23-18-22-16(15(12-21)28-18)13-8-5-4-6-9-13/h4-6,8-9,14H,7,10-11H2,1-3H3,(H,22,23,25)/t14-/m0/s1. The van der Waals surface area contributed by atoms with Crippen LogP contribution in [-0.2, 0) is 9.53 Å². The van der Waals surface area contributed by atoms with Gasteiger partial charge in [0.2, 0.25) is 5.91 Å². The lowest BCUT2D eigenvalue weighted by Crippen LogP contribution is -2.45. The number of nitriles is 1. The predicted molar refractivity (Wildman–Crippen MR) is 107 cm³/mol. The minimum absolute atomic E-state index is 0.318. The van der Waals surface area contributed by atoms with Crippen LogP contribution >= 0.6 is 11.3 Å². The number of thiazole rings is 1. The zero-order chi connectivity index (χ0) is 20.3. The molecule has 1 aliphatic rings. The third-order valence-corrected chi connectivity index (χ3v) is 5.06. The van der Waals surface area contributed by atoms with E-state index in [-0.39, 0.29) is 5.91 Å². The Kier molecular flexibility index (Phi) is 5.66. The molecule has 146 valence electrons. The van der Waals surface area contributed by atoms with Gasteiger partial charge in [-0.05, 0) is 33.6 Å². The van der Waals surface area contributed by atoms with Crippen LogP contribution < -0.4 is 5.32 Å². The van der Waals surface area contributed by atoms with Crippen LogP contribution in [0.25, 0.3) is 11.3 Å². The minimum atomic E-state index is -0.623. The first-order valence-electron chi connectivity index (χ1n) is 9.05. The Morgan fingerprint density at radius 3 is 2.68 bits per heavy atom. The Morgan fingerprint density at radius 2 is 2.04 bits per heavy atom. The third kappa shape index (κ3) is 4.49. The lowest BCUT2D eigenvalue weighted by molar-refractivity contribution is -0.120. The zero-order valence-corrected chi connectivity index (χ0v) is 16.9. The number of nitrogens with one attached hydrogen (secondary N) is 1. The monoisotopic (exact) mass is 398 g/mol. The molecule has 8 heteroatoms. The summed E-state index contributed by atoms with van der Waals surface area (Å²) in [7, 11) is 0. The van der Waals surface area contributed by atoms with Gasteiger partial charge in [0.1, 0.15) is 28.3 Å². The molecule has 3 rings (SSSR count). The van der Waals surface area contributed by atoms with Crippen molar-refractivity contribution >= 4 is 28.5 Å². The van der Waals surface area contributed by atoms with Gasteiger partial charge in [-0.15, -0.1) is 0 Å². The van der Waals surface area contributed by atoms with Gasteiger partial charge in [0.15, 0.2) is 5.13 Å². The molecule has 0 spiro atoms. The molecule has 1 aromatic carbocycles. The van der Waals surface area contributed by atoms with Gasteiger partial charge < -0.3 is 10.1 Å². The van der Waals surface area contributed by atoms with E-state index in [1.54, 1.807) is 20.8 Å². The Labute approximate surface area is 167 Å². The molecule has 7 nitrogen and oxygen atoms in total. The third-order valence-electron chi connectivity index (χ3n) is 4.19. The number of hydrogen-bond donors (Lipinski definition) is 1. The fraction of sp³-hybridized carbons (Fsp3) is 0.400. The van der Waals surface area contributed by atoms with Gasteiger partial charge in [0, 0.05) is 12.1 Å². The van der Waals surface area contributed by atoms with Gasteiger partial charge in [0.25, 0.3) is 0 Å². The van der Waals surface area contributed by atoms with Crippen molar-refractivity contribution in [1.29, 1.82) is 5.26 Å². The number of anilines is 1. The normalized spacial score (nSPS) is 16.5. The molecule has 0 unspecified atom stereocenters. The molecule has 0 radical (unpaired) electrons. The fourth-order valence-corrected chi connectivity index (χ4v) is 3.80. The van der Waals surface area contributed by atoms with E-state index in [0.717, 1.165) is 23.3 Å². The molecule has 1 atom stereocenters. The van der Waals surface area contributed by atoms with Gasteiger partial charge >= 0.3 is 6.09 Å². The van der Waals surface area contributed by atoms with Crippen molar-refractivity contribution in [3.8, 4) is 17.3 Å². The Bertz CT molecular complexity index is 912. The Hall–Kier alpha value is -2.92. The summed E-state index contributed by atoms with van der Waals surface area (Å²) in [6, 6.07) is 10.9. The fourth-order valence-electron chi connectivity index (χ4n) is 3.01. The number of benzene rings is 1. The summed E-state index contributed by atoms with van der Waals surface area (Å²) >= 11 is 1.12. The minimum Gasteiger partial charge on any atom is -0.444 e. The first-order valence-corrected chi connectivity index (χ1v) is 9.87. The average Bonchev–Trinajstić information content (AvgIpc) is 3.28. The molecule has 2 amide bonds. The van der Waals surface area contributed by atoms with Crippen LogP contribution in [0.5, 0.6) is 0 Å². The molecule has 1 aromatic heterocycles. The number of ether oxygens (including phenoxy) is 1. The van der Waals surface area contributed by atoms with Gasteiger partial charge in [0.05, 0.1) is 0 Å². The summed E-state index contributed by atoms with van der Waals surface area (Å²) in [6.07, 6.45) is 0.799. The van der Waals surface area contributed by atoms with E-state index in [1.807, 2.05) is 30.3 Å². The molecule has 2 aromatic rings. The molecule has 0 aliphatic carbocycles. The number of likely N-dealkylation sites (tertiary alicyclic amines) is 1. The van der Waals surface area contributed by atoms with Crippen LogP contribution in [-0.4, -0.2) is 40.1 Å². The molecule has 28 heavy (non-hydrogen) atoms. The summed E-state index contributed by atoms with van der Waals surface area (Å²) in [5.41, 5.74) is 0.730. The highest BCUT2D eigenvalue weighted by Gasteiger charge is 2.37. The average molecular weight is 398 g/mol. The van der Waals surface area contributed by atoms with Crippen molar-refractivity contribution in [3.63, 3.8) is 0 Å². The first kappa shape index (κ1) is 19.8. The van der Waals surface area contributed by atoms with Crippen molar-refractivity contribution < 1.29 is 14.3 Å². The molecule has 0 bridgehead atoms. The molecular weight excluding hydrogens is 376 g/mol. The highest BCUT2D eigenvalue weighted by atomic mass is 32.1. The van der Waals surface area contributed by atoms with Crippen LogP contribution in [0.4, 0.5) is 9.93 Å². The number of hydrogen-bond acceptors (Lipinski definition) is 6. The summed E-state index contributed by atoms with van der Waals surface area (Å²) in [4.78, 5) is 31.5. The number of nitrogens with zero attached hydrogens (tertiary/aromatic N) is 3. The highest BCUT2D eigenvalue weighted by molar-refractivity contribution is 7.16. The highest BCUT2D eigenvalue weighted by Crippen LogP contribution is 2.31. The van der Waals surface area contributed by atoms with Gasteiger partial charge in [-0.1, -0.05) is 41.7 Å². The van der Waals surface area contributed by atoms with E-state index in [0.29, 0.717) is 28.7 Å².